The average Bonchev–Trinajstić information content (AvgIpc) is 2.18. The minimum absolute atomic E-state index is 0.00167. The van der Waals surface area contributed by atoms with Gasteiger partial charge >= 0.3 is 0 Å². The van der Waals surface area contributed by atoms with Crippen LogP contribution in [-0.4, -0.2) is 41.1 Å². The molecule has 1 spiro atoms. The number of likely N-dealkylation sites (tertiary alicyclic amines) is 1. The lowest BCUT2D eigenvalue weighted by Gasteiger charge is -2.57. The van der Waals surface area contributed by atoms with E-state index < -0.39 is 0 Å². The molecule has 0 aliphatic carbocycles. The molecule has 1 amide bonds. The van der Waals surface area contributed by atoms with Crippen LogP contribution >= 0.6 is 11.6 Å². The molecule has 2 saturated heterocycles. The first-order chi connectivity index (χ1) is 8.61. The Morgan fingerprint density at radius 2 is 2.33 bits per heavy atom. The summed E-state index contributed by atoms with van der Waals surface area (Å²) in [7, 11) is 0. The number of hydrogen-bond donors (Lipinski definition) is 0. The van der Waals surface area contributed by atoms with Gasteiger partial charge in [-0.05, 0) is 25.0 Å². The van der Waals surface area contributed by atoms with E-state index in [4.69, 9.17) is 16.3 Å². The molecule has 0 radical (unpaired) electrons. The summed E-state index contributed by atoms with van der Waals surface area (Å²) in [5.74, 6) is 0.122. The zero-order valence-corrected chi connectivity index (χ0v) is 11.0. The van der Waals surface area contributed by atoms with Gasteiger partial charge in [0.25, 0.3) is 0 Å². The monoisotopic (exact) mass is 266 g/mol. The molecule has 0 N–H and O–H groups in total. The topological polar surface area (TPSA) is 42.4 Å². The minimum Gasteiger partial charge on any atom is -0.376 e. The van der Waals surface area contributed by atoms with Crippen LogP contribution in [0.5, 0.6) is 0 Å². The van der Waals surface area contributed by atoms with Gasteiger partial charge in [0, 0.05) is 12.2 Å². The molecular formula is C13H15ClN2O2. The highest BCUT2D eigenvalue weighted by Crippen LogP contribution is 2.37. The summed E-state index contributed by atoms with van der Waals surface area (Å²) >= 11 is 6.05. The van der Waals surface area contributed by atoms with Crippen molar-refractivity contribution in [1.82, 2.24) is 9.88 Å². The standard InChI is InChI=1S/C13H15ClN2O2/c1-9-2-3-10(12(14)15-9)6-11(17)16-5-4-13(16)7-18-8-13/h2-3H,4-8H2,1H3. The first-order valence-electron chi connectivity index (χ1n) is 6.11. The molecule has 18 heavy (non-hydrogen) atoms. The second-order valence-electron chi connectivity index (χ2n) is 5.09. The fraction of sp³-hybridized carbons (Fsp3) is 0.538. The van der Waals surface area contributed by atoms with Gasteiger partial charge in [-0.15, -0.1) is 0 Å². The zero-order valence-electron chi connectivity index (χ0n) is 10.3. The van der Waals surface area contributed by atoms with Crippen molar-refractivity contribution in [1.29, 1.82) is 0 Å². The van der Waals surface area contributed by atoms with Crippen molar-refractivity contribution in [2.75, 3.05) is 19.8 Å². The van der Waals surface area contributed by atoms with E-state index >= 15 is 0 Å². The number of aryl methyl sites for hydroxylation is 1. The van der Waals surface area contributed by atoms with Crippen LogP contribution in [0.2, 0.25) is 5.15 Å². The Kier molecular flexibility index (Phi) is 2.79. The molecule has 5 heteroatoms. The van der Waals surface area contributed by atoms with Crippen LogP contribution in [-0.2, 0) is 16.0 Å². The number of rotatable bonds is 2. The molecule has 2 aliphatic heterocycles. The molecule has 0 aromatic carbocycles. The molecule has 0 saturated carbocycles. The number of hydrogen-bond acceptors (Lipinski definition) is 3. The normalized spacial score (nSPS) is 20.4. The third kappa shape index (κ3) is 1.80. The molecule has 3 rings (SSSR count). The molecule has 2 aliphatic rings. The molecule has 1 aromatic rings. The second-order valence-corrected chi connectivity index (χ2v) is 5.45. The van der Waals surface area contributed by atoms with Gasteiger partial charge in [-0.1, -0.05) is 17.7 Å². The number of amides is 1. The summed E-state index contributed by atoms with van der Waals surface area (Å²) in [4.78, 5) is 18.3. The summed E-state index contributed by atoms with van der Waals surface area (Å²) in [6, 6.07) is 3.76. The summed E-state index contributed by atoms with van der Waals surface area (Å²) < 4.78 is 5.22. The van der Waals surface area contributed by atoms with Crippen LogP contribution in [0, 0.1) is 6.92 Å². The number of ether oxygens (including phenoxy) is 1. The van der Waals surface area contributed by atoms with E-state index in [-0.39, 0.29) is 11.4 Å². The highest BCUT2D eigenvalue weighted by molar-refractivity contribution is 6.30. The van der Waals surface area contributed by atoms with Gasteiger partial charge in [-0.3, -0.25) is 4.79 Å². The number of carbonyl (C=O) groups excluding carboxylic acids is 1. The molecule has 1 aromatic heterocycles. The largest absolute Gasteiger partial charge is 0.376 e. The fourth-order valence-corrected chi connectivity index (χ4v) is 2.77. The maximum Gasteiger partial charge on any atom is 0.227 e. The zero-order chi connectivity index (χ0) is 12.8. The van der Waals surface area contributed by atoms with Crippen LogP contribution in [0.25, 0.3) is 0 Å². The number of carbonyl (C=O) groups is 1. The third-order valence-corrected chi connectivity index (χ3v) is 4.15. The van der Waals surface area contributed by atoms with Crippen LogP contribution < -0.4 is 0 Å². The van der Waals surface area contributed by atoms with Crippen LogP contribution in [0.1, 0.15) is 17.7 Å². The Balaban J connectivity index is 1.71. The van der Waals surface area contributed by atoms with Crippen molar-refractivity contribution < 1.29 is 9.53 Å². The molecule has 3 heterocycles. The molecule has 0 bridgehead atoms. The summed E-state index contributed by atoms with van der Waals surface area (Å²) in [6.45, 7) is 4.07. The van der Waals surface area contributed by atoms with Crippen molar-refractivity contribution in [2.24, 2.45) is 0 Å². The van der Waals surface area contributed by atoms with Crippen molar-refractivity contribution in [3.63, 3.8) is 0 Å². The molecule has 0 atom stereocenters. The van der Waals surface area contributed by atoms with E-state index in [1.54, 1.807) is 0 Å². The van der Waals surface area contributed by atoms with Gasteiger partial charge in [0.2, 0.25) is 5.91 Å². The highest BCUT2D eigenvalue weighted by Gasteiger charge is 2.52. The summed E-state index contributed by atoms with van der Waals surface area (Å²) in [5.41, 5.74) is 1.67. The maximum absolute atomic E-state index is 12.2. The van der Waals surface area contributed by atoms with Crippen molar-refractivity contribution in [2.45, 2.75) is 25.3 Å². The van der Waals surface area contributed by atoms with Gasteiger partial charge in [-0.2, -0.15) is 0 Å². The Bertz CT molecular complexity index is 494. The van der Waals surface area contributed by atoms with Crippen molar-refractivity contribution in [3.8, 4) is 0 Å². The Hall–Kier alpha value is -1.13. The first kappa shape index (κ1) is 11.9. The number of aromatic nitrogens is 1. The lowest BCUT2D eigenvalue weighted by molar-refractivity contribution is -0.199. The molecule has 4 nitrogen and oxygen atoms in total. The minimum atomic E-state index is 0.00167. The smallest absolute Gasteiger partial charge is 0.227 e. The Labute approximate surface area is 111 Å². The van der Waals surface area contributed by atoms with E-state index in [0.29, 0.717) is 24.8 Å². The first-order valence-corrected chi connectivity index (χ1v) is 6.49. The number of halogens is 1. The van der Waals surface area contributed by atoms with Crippen molar-refractivity contribution in [3.05, 3.63) is 28.5 Å². The van der Waals surface area contributed by atoms with Gasteiger partial charge < -0.3 is 9.64 Å². The Morgan fingerprint density at radius 1 is 1.56 bits per heavy atom. The van der Waals surface area contributed by atoms with Gasteiger partial charge in [0.15, 0.2) is 0 Å². The predicted octanol–water partition coefficient (Wildman–Crippen LogP) is 1.59. The molecule has 96 valence electrons. The highest BCUT2D eigenvalue weighted by atomic mass is 35.5. The van der Waals surface area contributed by atoms with Gasteiger partial charge in [-0.25, -0.2) is 4.98 Å². The predicted molar refractivity (Wildman–Crippen MR) is 67.6 cm³/mol. The van der Waals surface area contributed by atoms with E-state index in [0.717, 1.165) is 24.2 Å². The maximum atomic E-state index is 12.2. The van der Waals surface area contributed by atoms with E-state index in [1.807, 2.05) is 24.0 Å². The second kappa shape index (κ2) is 4.21. The lowest BCUT2D eigenvalue weighted by atomic mass is 9.82. The van der Waals surface area contributed by atoms with E-state index in [2.05, 4.69) is 4.98 Å². The average molecular weight is 267 g/mol. The van der Waals surface area contributed by atoms with Crippen LogP contribution in [0.15, 0.2) is 12.1 Å². The van der Waals surface area contributed by atoms with E-state index in [1.165, 1.54) is 0 Å². The third-order valence-electron chi connectivity index (χ3n) is 3.82. The SMILES string of the molecule is Cc1ccc(CC(=O)N2CCC23COC3)c(Cl)n1. The molecule has 2 fully saturated rings. The lowest BCUT2D eigenvalue weighted by Crippen LogP contribution is -2.72. The van der Waals surface area contributed by atoms with Crippen LogP contribution in [0.3, 0.4) is 0 Å². The molecular weight excluding hydrogens is 252 g/mol. The van der Waals surface area contributed by atoms with Gasteiger partial charge in [0.1, 0.15) is 5.15 Å². The van der Waals surface area contributed by atoms with E-state index in [9.17, 15) is 4.79 Å². The fourth-order valence-electron chi connectivity index (χ4n) is 2.51. The molecule has 0 unspecified atom stereocenters. The number of pyridine rings is 1. The quantitative estimate of drug-likeness (QED) is 0.764. The van der Waals surface area contributed by atoms with Gasteiger partial charge in [0.05, 0.1) is 25.2 Å². The summed E-state index contributed by atoms with van der Waals surface area (Å²) in [5, 5.41) is 0.433. The van der Waals surface area contributed by atoms with Crippen LogP contribution in [0.4, 0.5) is 0 Å². The number of nitrogens with zero attached hydrogens (tertiary/aromatic N) is 2. The van der Waals surface area contributed by atoms with Crippen molar-refractivity contribution >= 4 is 17.5 Å². The Morgan fingerprint density at radius 3 is 2.83 bits per heavy atom. The summed E-state index contributed by atoms with van der Waals surface area (Å²) in [6.07, 6.45) is 1.38.